The molecule has 0 fully saturated rings. The molecule has 4 aromatic heterocycles. The van der Waals surface area contributed by atoms with E-state index in [-0.39, 0.29) is 5.69 Å². The highest BCUT2D eigenvalue weighted by atomic mass is 16.1. The molecule has 31 heavy (non-hydrogen) atoms. The quantitative estimate of drug-likeness (QED) is 0.451. The summed E-state index contributed by atoms with van der Waals surface area (Å²) in [7, 11) is 7.42. The van der Waals surface area contributed by atoms with Crippen molar-refractivity contribution in [3.05, 3.63) is 59.2 Å². The van der Waals surface area contributed by atoms with Crippen LogP contribution in [0.5, 0.6) is 0 Å². The summed E-state index contributed by atoms with van der Waals surface area (Å²) in [4.78, 5) is 28.5. The van der Waals surface area contributed by atoms with Crippen molar-refractivity contribution in [3.8, 4) is 16.8 Å². The van der Waals surface area contributed by atoms with Crippen LogP contribution < -0.4 is 10.6 Å². The number of fused-ring (bicyclic) bond motifs is 3. The molecule has 4 heterocycles. The molecule has 0 bridgehead atoms. The largest absolute Gasteiger partial charge is 0.347 e. The monoisotopic (exact) mass is 414 g/mol. The summed E-state index contributed by atoms with van der Waals surface area (Å²) in [5, 5.41) is 5.31. The molecule has 0 aliphatic heterocycles. The summed E-state index contributed by atoms with van der Waals surface area (Å²) >= 11 is 0. The molecule has 0 aliphatic carbocycles. The highest BCUT2D eigenvalue weighted by Gasteiger charge is 2.19. The third-order valence-corrected chi connectivity index (χ3v) is 5.48. The molecule has 5 aromatic rings. The Morgan fingerprint density at radius 1 is 0.968 bits per heavy atom. The first-order valence-corrected chi connectivity index (χ1v) is 9.85. The van der Waals surface area contributed by atoms with Crippen LogP contribution in [-0.2, 0) is 14.1 Å². The van der Waals surface area contributed by atoms with E-state index in [1.165, 1.54) is 0 Å². The van der Waals surface area contributed by atoms with Crippen LogP contribution in [0.2, 0.25) is 0 Å². The van der Waals surface area contributed by atoms with E-state index in [2.05, 4.69) is 20.1 Å². The predicted molar refractivity (Wildman–Crippen MR) is 121 cm³/mol. The minimum Gasteiger partial charge on any atom is -0.347 e. The SMILES string of the molecule is Cc1nn(C)cc1-n1c(=O)n(C)c2cnc3ccc(-c4cnc(N(C)C)nc4)cc3c21. The number of nitrogens with zero attached hydrogens (tertiary/aromatic N) is 8. The maximum atomic E-state index is 13.2. The van der Waals surface area contributed by atoms with E-state index in [1.54, 1.807) is 39.5 Å². The lowest BCUT2D eigenvalue weighted by molar-refractivity contribution is 0.756. The predicted octanol–water partition coefficient (Wildman–Crippen LogP) is 2.44. The van der Waals surface area contributed by atoms with Crippen LogP contribution in [0.25, 0.3) is 38.8 Å². The average molecular weight is 414 g/mol. The van der Waals surface area contributed by atoms with E-state index in [9.17, 15) is 4.79 Å². The number of imidazole rings is 1. The highest BCUT2D eigenvalue weighted by Crippen LogP contribution is 2.30. The molecule has 9 heteroatoms. The molecule has 0 unspecified atom stereocenters. The second kappa shape index (κ2) is 6.76. The van der Waals surface area contributed by atoms with Gasteiger partial charge in [-0.15, -0.1) is 0 Å². The molecule has 156 valence electrons. The first kappa shape index (κ1) is 19.0. The zero-order chi connectivity index (χ0) is 21.9. The Kier molecular flexibility index (Phi) is 4.14. The van der Waals surface area contributed by atoms with E-state index in [1.807, 2.05) is 57.4 Å². The third-order valence-electron chi connectivity index (χ3n) is 5.48. The van der Waals surface area contributed by atoms with E-state index in [0.29, 0.717) is 5.95 Å². The Hall–Kier alpha value is -4.01. The molecule has 0 saturated heterocycles. The van der Waals surface area contributed by atoms with Crippen LogP contribution in [0.1, 0.15) is 5.69 Å². The van der Waals surface area contributed by atoms with Crippen molar-refractivity contribution < 1.29 is 0 Å². The van der Waals surface area contributed by atoms with Gasteiger partial charge in [0, 0.05) is 57.7 Å². The summed E-state index contributed by atoms with van der Waals surface area (Å²) in [6, 6.07) is 6.00. The normalized spacial score (nSPS) is 11.5. The Morgan fingerprint density at radius 3 is 2.35 bits per heavy atom. The number of anilines is 1. The van der Waals surface area contributed by atoms with Gasteiger partial charge in [-0.25, -0.2) is 14.8 Å². The maximum absolute atomic E-state index is 13.2. The van der Waals surface area contributed by atoms with Crippen LogP contribution in [0.3, 0.4) is 0 Å². The van der Waals surface area contributed by atoms with Crippen molar-refractivity contribution in [2.75, 3.05) is 19.0 Å². The second-order valence-electron chi connectivity index (χ2n) is 7.84. The van der Waals surface area contributed by atoms with E-state index < -0.39 is 0 Å². The van der Waals surface area contributed by atoms with Gasteiger partial charge in [-0.2, -0.15) is 5.10 Å². The van der Waals surface area contributed by atoms with Gasteiger partial charge in [0.05, 0.1) is 34.1 Å². The molecule has 0 atom stereocenters. The van der Waals surface area contributed by atoms with Crippen LogP contribution in [0.4, 0.5) is 5.95 Å². The van der Waals surface area contributed by atoms with Crippen molar-refractivity contribution in [1.29, 1.82) is 0 Å². The smallest absolute Gasteiger partial charge is 0.333 e. The minimum absolute atomic E-state index is 0.135. The zero-order valence-corrected chi connectivity index (χ0v) is 18.0. The summed E-state index contributed by atoms with van der Waals surface area (Å²) in [5.41, 5.74) is 5.64. The van der Waals surface area contributed by atoms with Gasteiger partial charge in [-0.1, -0.05) is 6.07 Å². The van der Waals surface area contributed by atoms with Gasteiger partial charge in [0.1, 0.15) is 0 Å². The third kappa shape index (κ3) is 2.89. The van der Waals surface area contributed by atoms with Gasteiger partial charge >= 0.3 is 5.69 Å². The van der Waals surface area contributed by atoms with Gasteiger partial charge in [0.15, 0.2) is 0 Å². The standard InChI is InChI=1S/C22H22N8O/c1-13-19(12-28(4)26-13)30-20-16-8-14(15-9-24-21(25-10-15)27(2)3)6-7-17(16)23-11-18(20)29(5)22(30)31/h6-12H,1-5H3. The molecule has 0 amide bonds. The molecule has 5 rings (SSSR count). The molecular formula is C22H22N8O. The summed E-state index contributed by atoms with van der Waals surface area (Å²) in [6.45, 7) is 1.90. The number of aryl methyl sites for hydroxylation is 3. The molecule has 0 spiro atoms. The maximum Gasteiger partial charge on any atom is 0.333 e. The molecule has 1 aromatic carbocycles. The van der Waals surface area contributed by atoms with Gasteiger partial charge in [-0.05, 0) is 24.6 Å². The van der Waals surface area contributed by atoms with Gasteiger partial charge in [-0.3, -0.25) is 18.8 Å². The fourth-order valence-corrected chi connectivity index (χ4v) is 3.91. The van der Waals surface area contributed by atoms with Crippen molar-refractivity contribution >= 4 is 27.9 Å². The number of hydrogen-bond donors (Lipinski definition) is 0. The minimum atomic E-state index is -0.135. The van der Waals surface area contributed by atoms with E-state index in [0.717, 1.165) is 44.4 Å². The number of aromatic nitrogens is 7. The fraction of sp³-hybridized carbons (Fsp3) is 0.227. The fourth-order valence-electron chi connectivity index (χ4n) is 3.91. The average Bonchev–Trinajstić information content (AvgIpc) is 3.22. The second-order valence-corrected chi connectivity index (χ2v) is 7.84. The lowest BCUT2D eigenvalue weighted by atomic mass is 10.1. The molecule has 0 N–H and O–H groups in total. The van der Waals surface area contributed by atoms with Crippen molar-refractivity contribution in [3.63, 3.8) is 0 Å². The van der Waals surface area contributed by atoms with E-state index >= 15 is 0 Å². The first-order chi connectivity index (χ1) is 14.8. The summed E-state index contributed by atoms with van der Waals surface area (Å²) in [5.74, 6) is 0.651. The molecule has 9 nitrogen and oxygen atoms in total. The Balaban J connectivity index is 1.81. The van der Waals surface area contributed by atoms with Crippen LogP contribution >= 0.6 is 0 Å². The lowest BCUT2D eigenvalue weighted by Crippen LogP contribution is -2.21. The number of benzene rings is 1. The van der Waals surface area contributed by atoms with Crippen molar-refractivity contribution in [1.82, 2.24) is 33.9 Å². The van der Waals surface area contributed by atoms with Gasteiger partial charge < -0.3 is 4.90 Å². The van der Waals surface area contributed by atoms with Crippen molar-refractivity contribution in [2.45, 2.75) is 6.92 Å². The Labute approximate surface area is 178 Å². The molecule has 0 aliphatic rings. The van der Waals surface area contributed by atoms with Crippen LogP contribution in [0, 0.1) is 6.92 Å². The number of hydrogen-bond acceptors (Lipinski definition) is 6. The topological polar surface area (TPSA) is 86.7 Å². The summed E-state index contributed by atoms with van der Waals surface area (Å²) < 4.78 is 5.06. The summed E-state index contributed by atoms with van der Waals surface area (Å²) in [6.07, 6.45) is 7.22. The van der Waals surface area contributed by atoms with Crippen LogP contribution in [-0.4, -0.2) is 48.0 Å². The lowest BCUT2D eigenvalue weighted by Gasteiger charge is -2.10. The Bertz CT molecular complexity index is 1510. The molecule has 0 radical (unpaired) electrons. The molecule has 0 saturated carbocycles. The van der Waals surface area contributed by atoms with Crippen LogP contribution in [0.15, 0.2) is 47.8 Å². The first-order valence-electron chi connectivity index (χ1n) is 9.85. The highest BCUT2D eigenvalue weighted by molar-refractivity contribution is 6.04. The Morgan fingerprint density at radius 2 is 1.71 bits per heavy atom. The van der Waals surface area contributed by atoms with Gasteiger partial charge in [0.25, 0.3) is 0 Å². The van der Waals surface area contributed by atoms with E-state index in [4.69, 9.17) is 0 Å². The number of pyridine rings is 1. The number of rotatable bonds is 3. The van der Waals surface area contributed by atoms with Crippen molar-refractivity contribution in [2.24, 2.45) is 14.1 Å². The van der Waals surface area contributed by atoms with Gasteiger partial charge in [0.2, 0.25) is 5.95 Å². The zero-order valence-electron chi connectivity index (χ0n) is 18.0. The molecular weight excluding hydrogens is 392 g/mol.